The van der Waals surface area contributed by atoms with E-state index in [1.165, 1.54) is 23.9 Å². The Bertz CT molecular complexity index is 968. The second kappa shape index (κ2) is 7.41. The van der Waals surface area contributed by atoms with Crippen molar-refractivity contribution in [2.75, 3.05) is 17.6 Å². The number of rotatable bonds is 5. The summed E-state index contributed by atoms with van der Waals surface area (Å²) >= 11 is 1.48. The Labute approximate surface area is 158 Å². The first-order chi connectivity index (χ1) is 13.0. The number of nitrogens with zero attached hydrogens (tertiary/aromatic N) is 3. The van der Waals surface area contributed by atoms with Crippen LogP contribution in [0.3, 0.4) is 0 Å². The molecule has 0 bridgehead atoms. The summed E-state index contributed by atoms with van der Waals surface area (Å²) in [5.41, 5.74) is 1.79. The largest absolute Gasteiger partial charge is 0.390 e. The molecule has 2 aromatic heterocycles. The van der Waals surface area contributed by atoms with Crippen LogP contribution in [0.25, 0.3) is 5.65 Å². The van der Waals surface area contributed by atoms with Gasteiger partial charge in [0.1, 0.15) is 11.6 Å². The van der Waals surface area contributed by atoms with E-state index in [4.69, 9.17) is 0 Å². The molecule has 27 heavy (non-hydrogen) atoms. The first-order valence-electron chi connectivity index (χ1n) is 8.52. The number of halogens is 2. The molecule has 0 saturated carbocycles. The van der Waals surface area contributed by atoms with E-state index in [1.54, 1.807) is 18.6 Å². The molecule has 4 rings (SSSR count). The molecule has 3 atom stereocenters. The molecule has 1 saturated heterocycles. The SMILES string of the molecule is O[C@@H]1[C@H](O)CS[C@H]1c1cnc2c(NCCc3ccc(F)cc3F)nccn12. The van der Waals surface area contributed by atoms with Crippen molar-refractivity contribution >= 4 is 23.2 Å². The number of thioether (sulfide) groups is 1. The summed E-state index contributed by atoms with van der Waals surface area (Å²) in [6.45, 7) is 0.400. The summed E-state index contributed by atoms with van der Waals surface area (Å²) in [4.78, 5) is 8.67. The smallest absolute Gasteiger partial charge is 0.180 e. The van der Waals surface area contributed by atoms with E-state index in [-0.39, 0.29) is 5.25 Å². The fourth-order valence-electron chi connectivity index (χ4n) is 3.17. The van der Waals surface area contributed by atoms with Crippen molar-refractivity contribution in [3.8, 4) is 0 Å². The first-order valence-corrected chi connectivity index (χ1v) is 9.57. The zero-order chi connectivity index (χ0) is 19.0. The number of nitrogens with one attached hydrogen (secondary N) is 1. The van der Waals surface area contributed by atoms with Crippen molar-refractivity contribution in [2.24, 2.45) is 0 Å². The van der Waals surface area contributed by atoms with E-state index in [0.717, 1.165) is 11.8 Å². The zero-order valence-electron chi connectivity index (χ0n) is 14.2. The van der Waals surface area contributed by atoms with E-state index in [1.807, 2.05) is 4.40 Å². The molecule has 6 nitrogen and oxygen atoms in total. The zero-order valence-corrected chi connectivity index (χ0v) is 15.0. The van der Waals surface area contributed by atoms with Gasteiger partial charge in [0.2, 0.25) is 0 Å². The molecule has 0 amide bonds. The van der Waals surface area contributed by atoms with Crippen molar-refractivity contribution < 1.29 is 19.0 Å². The monoisotopic (exact) mass is 392 g/mol. The summed E-state index contributed by atoms with van der Waals surface area (Å²) in [6, 6.07) is 3.53. The molecule has 0 radical (unpaired) electrons. The second-order valence-corrected chi connectivity index (χ2v) is 7.55. The van der Waals surface area contributed by atoms with Gasteiger partial charge in [-0.3, -0.25) is 4.40 Å². The molecule has 3 N–H and O–H groups in total. The highest BCUT2D eigenvalue weighted by Crippen LogP contribution is 2.40. The molecule has 9 heteroatoms. The molecular weight excluding hydrogens is 374 g/mol. The van der Waals surface area contributed by atoms with Crippen LogP contribution in [0.2, 0.25) is 0 Å². The fourth-order valence-corrected chi connectivity index (χ4v) is 4.50. The second-order valence-electron chi connectivity index (χ2n) is 6.38. The van der Waals surface area contributed by atoms with Crippen molar-refractivity contribution in [3.05, 3.63) is 59.7 Å². The minimum absolute atomic E-state index is 0.265. The van der Waals surface area contributed by atoms with Crippen molar-refractivity contribution in [3.63, 3.8) is 0 Å². The molecule has 3 heterocycles. The Morgan fingerprint density at radius 3 is 2.85 bits per heavy atom. The van der Waals surface area contributed by atoms with Gasteiger partial charge in [0.15, 0.2) is 11.5 Å². The molecule has 3 aromatic rings. The number of imidazole rings is 1. The topological polar surface area (TPSA) is 82.7 Å². The number of hydrogen-bond donors (Lipinski definition) is 3. The number of benzene rings is 1. The number of fused-ring (bicyclic) bond motifs is 1. The van der Waals surface area contributed by atoms with Gasteiger partial charge in [-0.25, -0.2) is 18.7 Å². The Morgan fingerprint density at radius 1 is 1.26 bits per heavy atom. The van der Waals surface area contributed by atoms with Crippen LogP contribution in [0.1, 0.15) is 16.5 Å². The average Bonchev–Trinajstić information content (AvgIpc) is 3.21. The van der Waals surface area contributed by atoms with Crippen LogP contribution in [-0.2, 0) is 6.42 Å². The third kappa shape index (κ3) is 3.50. The maximum Gasteiger partial charge on any atom is 0.180 e. The van der Waals surface area contributed by atoms with Crippen LogP contribution in [0.4, 0.5) is 14.6 Å². The van der Waals surface area contributed by atoms with Crippen LogP contribution < -0.4 is 5.32 Å². The van der Waals surface area contributed by atoms with Gasteiger partial charge in [-0.1, -0.05) is 6.07 Å². The lowest BCUT2D eigenvalue weighted by Crippen LogP contribution is -2.25. The van der Waals surface area contributed by atoms with E-state index in [2.05, 4.69) is 15.3 Å². The lowest BCUT2D eigenvalue weighted by Gasteiger charge is -2.15. The standard InChI is InChI=1S/C18H18F2N4O2S/c19-11-2-1-10(12(20)7-11)3-4-21-17-18-23-8-13(24(18)6-5-22-17)16-15(26)14(25)9-27-16/h1-2,5-8,14-16,25-26H,3-4,9H2,(H,21,22)/t14-,15-,16+/m1/s1. The van der Waals surface area contributed by atoms with Gasteiger partial charge in [0.25, 0.3) is 0 Å². The van der Waals surface area contributed by atoms with Crippen LogP contribution in [-0.4, -0.2) is 49.1 Å². The van der Waals surface area contributed by atoms with Gasteiger partial charge >= 0.3 is 0 Å². The normalized spacial score (nSPS) is 22.4. The molecule has 0 aliphatic carbocycles. The Morgan fingerprint density at radius 2 is 2.11 bits per heavy atom. The maximum absolute atomic E-state index is 13.7. The Balaban J connectivity index is 1.51. The van der Waals surface area contributed by atoms with Crippen LogP contribution in [0, 0.1) is 11.6 Å². The summed E-state index contributed by atoms with van der Waals surface area (Å²) in [5, 5.41) is 22.8. The summed E-state index contributed by atoms with van der Waals surface area (Å²) in [7, 11) is 0. The van der Waals surface area contributed by atoms with Crippen LogP contribution in [0.5, 0.6) is 0 Å². The first kappa shape index (κ1) is 18.1. The van der Waals surface area contributed by atoms with Crippen LogP contribution in [0.15, 0.2) is 36.8 Å². The number of aromatic nitrogens is 3. The summed E-state index contributed by atoms with van der Waals surface area (Å²) in [5.74, 6) is -0.169. The van der Waals surface area contributed by atoms with Crippen molar-refractivity contribution in [1.29, 1.82) is 0 Å². The van der Waals surface area contributed by atoms with Gasteiger partial charge in [-0.2, -0.15) is 0 Å². The molecule has 1 fully saturated rings. The van der Waals surface area contributed by atoms with E-state index < -0.39 is 23.8 Å². The molecule has 0 spiro atoms. The number of aliphatic hydroxyl groups excluding tert-OH is 2. The molecule has 1 aliphatic heterocycles. The third-order valence-electron chi connectivity index (χ3n) is 4.60. The molecule has 142 valence electrons. The highest BCUT2D eigenvalue weighted by atomic mass is 32.2. The van der Waals surface area contributed by atoms with E-state index in [9.17, 15) is 19.0 Å². The summed E-state index contributed by atoms with van der Waals surface area (Å²) < 4.78 is 28.5. The molecule has 0 unspecified atom stereocenters. The fraction of sp³-hybridized carbons (Fsp3) is 0.333. The number of anilines is 1. The number of aliphatic hydroxyl groups is 2. The molecule has 1 aromatic carbocycles. The Hall–Kier alpha value is -2.23. The van der Waals surface area contributed by atoms with E-state index in [0.29, 0.717) is 35.7 Å². The van der Waals surface area contributed by atoms with Crippen LogP contribution >= 0.6 is 11.8 Å². The average molecular weight is 392 g/mol. The number of hydrogen-bond acceptors (Lipinski definition) is 6. The molecular formula is C18H18F2N4O2S. The van der Waals surface area contributed by atoms with Gasteiger partial charge in [0, 0.05) is 30.8 Å². The lowest BCUT2D eigenvalue weighted by atomic mass is 10.1. The Kier molecular flexibility index (Phi) is 4.98. The van der Waals surface area contributed by atoms with Gasteiger partial charge in [0.05, 0.1) is 29.3 Å². The predicted octanol–water partition coefficient (Wildman–Crippen LogP) is 2.17. The van der Waals surface area contributed by atoms with Crippen molar-refractivity contribution in [1.82, 2.24) is 14.4 Å². The highest BCUT2D eigenvalue weighted by molar-refractivity contribution is 7.99. The third-order valence-corrected chi connectivity index (χ3v) is 6.01. The van der Waals surface area contributed by atoms with E-state index >= 15 is 0 Å². The minimum Gasteiger partial charge on any atom is -0.390 e. The van der Waals surface area contributed by atoms with Gasteiger partial charge < -0.3 is 15.5 Å². The van der Waals surface area contributed by atoms with Crippen molar-refractivity contribution in [2.45, 2.75) is 23.9 Å². The summed E-state index contributed by atoms with van der Waals surface area (Å²) in [6.07, 6.45) is 3.80. The quantitative estimate of drug-likeness (QED) is 0.617. The minimum atomic E-state index is -0.846. The molecule has 1 aliphatic rings. The van der Waals surface area contributed by atoms with Gasteiger partial charge in [-0.15, -0.1) is 11.8 Å². The predicted molar refractivity (Wildman–Crippen MR) is 98.8 cm³/mol. The maximum atomic E-state index is 13.7. The highest BCUT2D eigenvalue weighted by Gasteiger charge is 2.37. The van der Waals surface area contributed by atoms with Gasteiger partial charge in [-0.05, 0) is 18.1 Å². The lowest BCUT2D eigenvalue weighted by molar-refractivity contribution is 0.0411.